The van der Waals surface area contributed by atoms with E-state index in [1.807, 2.05) is 29.2 Å². The second-order valence-electron chi connectivity index (χ2n) is 6.80. The van der Waals surface area contributed by atoms with Gasteiger partial charge in [0.25, 0.3) is 5.91 Å². The van der Waals surface area contributed by atoms with Crippen LogP contribution in [0.5, 0.6) is 0 Å². The Hall–Kier alpha value is -2.34. The van der Waals surface area contributed by atoms with Crippen molar-refractivity contribution in [1.82, 2.24) is 14.9 Å². The van der Waals surface area contributed by atoms with Gasteiger partial charge in [-0.25, -0.2) is 9.97 Å². The van der Waals surface area contributed by atoms with Gasteiger partial charge in [-0.2, -0.15) is 0 Å². The first-order valence-corrected chi connectivity index (χ1v) is 9.27. The molecule has 1 aliphatic heterocycles. The molecule has 1 fully saturated rings. The van der Waals surface area contributed by atoms with E-state index in [9.17, 15) is 4.79 Å². The lowest BCUT2D eigenvalue weighted by Gasteiger charge is -2.36. The number of rotatable bonds is 5. The van der Waals surface area contributed by atoms with E-state index in [-0.39, 0.29) is 5.91 Å². The Balaban J connectivity index is 1.60. The van der Waals surface area contributed by atoms with E-state index in [0.29, 0.717) is 30.6 Å². The summed E-state index contributed by atoms with van der Waals surface area (Å²) in [5.74, 6) is 0.936. The highest BCUT2D eigenvalue weighted by molar-refractivity contribution is 6.30. The summed E-state index contributed by atoms with van der Waals surface area (Å²) >= 11 is 6.07. The van der Waals surface area contributed by atoms with Gasteiger partial charge in [-0.3, -0.25) is 4.79 Å². The van der Waals surface area contributed by atoms with Crippen LogP contribution in [0.3, 0.4) is 0 Å². The lowest BCUT2D eigenvalue weighted by atomic mass is 10.2. The van der Waals surface area contributed by atoms with Crippen molar-refractivity contribution in [3.8, 4) is 0 Å². The van der Waals surface area contributed by atoms with Gasteiger partial charge >= 0.3 is 0 Å². The Morgan fingerprint density at radius 2 is 2.00 bits per heavy atom. The number of anilines is 2. The minimum Gasteiger partial charge on any atom is -0.368 e. The topological polar surface area (TPSA) is 61.4 Å². The number of amides is 1. The molecule has 1 amide bonds. The standard InChI is InChI=1S/C19H24ClN5O/c1-14(2)13-22-19-21-7-6-17(23-19)18(26)25-10-8-24(9-11-25)16-5-3-4-15(20)12-16/h3-7,12,14H,8-11,13H2,1-2H3,(H,21,22,23). The van der Waals surface area contributed by atoms with Gasteiger partial charge in [0.05, 0.1) is 0 Å². The number of carbonyl (C=O) groups excluding carboxylic acids is 1. The molecule has 2 aromatic rings. The molecule has 26 heavy (non-hydrogen) atoms. The van der Waals surface area contributed by atoms with E-state index in [1.54, 1.807) is 12.3 Å². The third kappa shape index (κ3) is 4.64. The highest BCUT2D eigenvalue weighted by atomic mass is 35.5. The van der Waals surface area contributed by atoms with Crippen LogP contribution >= 0.6 is 11.6 Å². The summed E-state index contributed by atoms with van der Waals surface area (Å²) in [4.78, 5) is 25.4. The van der Waals surface area contributed by atoms with Gasteiger partial charge in [-0.15, -0.1) is 0 Å². The fraction of sp³-hybridized carbons (Fsp3) is 0.421. The van der Waals surface area contributed by atoms with Crippen molar-refractivity contribution in [2.45, 2.75) is 13.8 Å². The fourth-order valence-electron chi connectivity index (χ4n) is 2.86. The minimum atomic E-state index is -0.0502. The largest absolute Gasteiger partial charge is 0.368 e. The molecule has 1 saturated heterocycles. The number of halogens is 1. The Morgan fingerprint density at radius 3 is 2.69 bits per heavy atom. The van der Waals surface area contributed by atoms with E-state index >= 15 is 0 Å². The van der Waals surface area contributed by atoms with E-state index in [2.05, 4.69) is 34.0 Å². The summed E-state index contributed by atoms with van der Waals surface area (Å²) in [7, 11) is 0. The molecular weight excluding hydrogens is 350 g/mol. The first-order valence-electron chi connectivity index (χ1n) is 8.89. The fourth-order valence-corrected chi connectivity index (χ4v) is 3.05. The van der Waals surface area contributed by atoms with Crippen LogP contribution < -0.4 is 10.2 Å². The molecule has 1 aliphatic rings. The Labute approximate surface area is 159 Å². The van der Waals surface area contributed by atoms with Crippen LogP contribution in [0.4, 0.5) is 11.6 Å². The number of hydrogen-bond acceptors (Lipinski definition) is 5. The van der Waals surface area contributed by atoms with Crippen molar-refractivity contribution < 1.29 is 4.79 Å². The second-order valence-corrected chi connectivity index (χ2v) is 7.24. The molecule has 0 bridgehead atoms. The van der Waals surface area contributed by atoms with Crippen LogP contribution in [-0.2, 0) is 0 Å². The van der Waals surface area contributed by atoms with Gasteiger partial charge in [-0.1, -0.05) is 31.5 Å². The van der Waals surface area contributed by atoms with Crippen molar-refractivity contribution in [3.05, 3.63) is 47.2 Å². The molecule has 6 nitrogen and oxygen atoms in total. The van der Waals surface area contributed by atoms with E-state index in [1.165, 1.54) is 0 Å². The van der Waals surface area contributed by atoms with Gasteiger partial charge in [-0.05, 0) is 30.2 Å². The summed E-state index contributed by atoms with van der Waals surface area (Å²) < 4.78 is 0. The molecule has 0 atom stereocenters. The molecule has 0 aliphatic carbocycles. The van der Waals surface area contributed by atoms with Crippen molar-refractivity contribution in [3.63, 3.8) is 0 Å². The summed E-state index contributed by atoms with van der Waals surface area (Å²) in [6.45, 7) is 7.86. The predicted molar refractivity (Wildman–Crippen MR) is 105 cm³/mol. The lowest BCUT2D eigenvalue weighted by Crippen LogP contribution is -2.49. The molecule has 3 rings (SSSR count). The Bertz CT molecular complexity index is 759. The van der Waals surface area contributed by atoms with Crippen molar-refractivity contribution >= 4 is 29.1 Å². The van der Waals surface area contributed by atoms with Gasteiger partial charge < -0.3 is 15.1 Å². The second kappa shape index (κ2) is 8.36. The maximum atomic E-state index is 12.8. The maximum absolute atomic E-state index is 12.8. The Kier molecular flexibility index (Phi) is 5.93. The molecule has 1 aromatic carbocycles. The number of hydrogen-bond donors (Lipinski definition) is 1. The molecule has 1 N–H and O–H groups in total. The summed E-state index contributed by atoms with van der Waals surface area (Å²) in [6.07, 6.45) is 1.63. The van der Waals surface area contributed by atoms with Crippen molar-refractivity contribution in [1.29, 1.82) is 0 Å². The van der Waals surface area contributed by atoms with Crippen LogP contribution in [0.25, 0.3) is 0 Å². The number of aromatic nitrogens is 2. The third-order valence-electron chi connectivity index (χ3n) is 4.28. The molecule has 2 heterocycles. The van der Waals surface area contributed by atoms with Crippen LogP contribution in [0.1, 0.15) is 24.3 Å². The number of piperazine rings is 1. The zero-order chi connectivity index (χ0) is 18.5. The lowest BCUT2D eigenvalue weighted by molar-refractivity contribution is 0.0741. The van der Waals surface area contributed by atoms with Gasteiger partial charge in [0.1, 0.15) is 5.69 Å². The highest BCUT2D eigenvalue weighted by Gasteiger charge is 2.23. The average Bonchev–Trinajstić information content (AvgIpc) is 2.66. The molecule has 0 saturated carbocycles. The predicted octanol–water partition coefficient (Wildman–Crippen LogP) is 3.16. The quantitative estimate of drug-likeness (QED) is 0.872. The Morgan fingerprint density at radius 1 is 1.23 bits per heavy atom. The zero-order valence-electron chi connectivity index (χ0n) is 15.2. The van der Waals surface area contributed by atoms with E-state index in [0.717, 1.165) is 30.3 Å². The molecular formula is C19H24ClN5O. The van der Waals surface area contributed by atoms with Crippen molar-refractivity contribution in [2.75, 3.05) is 42.9 Å². The number of nitrogens with zero attached hydrogens (tertiary/aromatic N) is 4. The van der Waals surface area contributed by atoms with Gasteiger partial charge in [0.2, 0.25) is 5.95 Å². The summed E-state index contributed by atoms with van der Waals surface area (Å²) in [5.41, 5.74) is 1.52. The zero-order valence-corrected chi connectivity index (χ0v) is 15.9. The monoisotopic (exact) mass is 373 g/mol. The summed E-state index contributed by atoms with van der Waals surface area (Å²) in [6, 6.07) is 9.48. The highest BCUT2D eigenvalue weighted by Crippen LogP contribution is 2.21. The molecule has 138 valence electrons. The number of carbonyl (C=O) groups is 1. The number of nitrogens with one attached hydrogen (secondary N) is 1. The van der Waals surface area contributed by atoms with E-state index < -0.39 is 0 Å². The van der Waals surface area contributed by atoms with Gasteiger partial charge in [0, 0.05) is 49.6 Å². The van der Waals surface area contributed by atoms with Gasteiger partial charge in [0.15, 0.2) is 0 Å². The summed E-state index contributed by atoms with van der Waals surface area (Å²) in [5, 5.41) is 3.89. The molecule has 1 aromatic heterocycles. The molecule has 7 heteroatoms. The first-order chi connectivity index (χ1) is 12.5. The van der Waals surface area contributed by atoms with Crippen molar-refractivity contribution in [2.24, 2.45) is 5.92 Å². The average molecular weight is 374 g/mol. The minimum absolute atomic E-state index is 0.0502. The third-order valence-corrected chi connectivity index (χ3v) is 4.52. The normalized spacial score (nSPS) is 14.6. The van der Waals surface area contributed by atoms with Crippen LogP contribution in [0.15, 0.2) is 36.5 Å². The molecule has 0 radical (unpaired) electrons. The number of benzene rings is 1. The van der Waals surface area contributed by atoms with E-state index in [4.69, 9.17) is 11.6 Å². The first kappa shape index (κ1) is 18.5. The molecule has 0 spiro atoms. The van der Waals surface area contributed by atoms with Crippen LogP contribution in [-0.4, -0.2) is 53.5 Å². The SMILES string of the molecule is CC(C)CNc1nccc(C(=O)N2CCN(c3cccc(Cl)c3)CC2)n1. The smallest absolute Gasteiger partial charge is 0.272 e. The van der Waals surface area contributed by atoms with Crippen LogP contribution in [0, 0.1) is 5.92 Å². The molecule has 0 unspecified atom stereocenters. The van der Waals surface area contributed by atoms with Crippen LogP contribution in [0.2, 0.25) is 5.02 Å². The maximum Gasteiger partial charge on any atom is 0.272 e.